The Labute approximate surface area is 115 Å². The molecule has 1 fully saturated rings. The molecule has 0 saturated carbocycles. The van der Waals surface area contributed by atoms with Crippen molar-refractivity contribution in [3.63, 3.8) is 0 Å². The SMILES string of the molecule is c1ccc2c(c1)Cc1sc(C3CSCCN3)nc1-2. The molecule has 1 N–H and O–H groups in total. The third-order valence-electron chi connectivity index (χ3n) is 3.56. The molecule has 1 saturated heterocycles. The van der Waals surface area contributed by atoms with Gasteiger partial charge in [-0.3, -0.25) is 0 Å². The minimum Gasteiger partial charge on any atom is -0.306 e. The van der Waals surface area contributed by atoms with E-state index in [0.717, 1.165) is 18.7 Å². The Morgan fingerprint density at radius 1 is 1.28 bits per heavy atom. The monoisotopic (exact) mass is 274 g/mol. The van der Waals surface area contributed by atoms with Crippen molar-refractivity contribution < 1.29 is 0 Å². The molecule has 0 spiro atoms. The summed E-state index contributed by atoms with van der Waals surface area (Å²) in [4.78, 5) is 6.35. The summed E-state index contributed by atoms with van der Waals surface area (Å²) in [7, 11) is 0. The maximum absolute atomic E-state index is 4.90. The van der Waals surface area contributed by atoms with Gasteiger partial charge in [0.05, 0.1) is 11.7 Å². The molecule has 4 heteroatoms. The van der Waals surface area contributed by atoms with Crippen LogP contribution in [0.5, 0.6) is 0 Å². The quantitative estimate of drug-likeness (QED) is 0.738. The maximum atomic E-state index is 4.90. The summed E-state index contributed by atoms with van der Waals surface area (Å²) in [5, 5.41) is 4.85. The molecule has 0 radical (unpaired) electrons. The van der Waals surface area contributed by atoms with Gasteiger partial charge < -0.3 is 5.32 Å². The molecular formula is C14H14N2S2. The molecular weight excluding hydrogens is 260 g/mol. The number of fused-ring (bicyclic) bond motifs is 3. The largest absolute Gasteiger partial charge is 0.306 e. The van der Waals surface area contributed by atoms with Crippen LogP contribution in [0.2, 0.25) is 0 Å². The average molecular weight is 274 g/mol. The number of hydrogen-bond acceptors (Lipinski definition) is 4. The van der Waals surface area contributed by atoms with Crippen LogP contribution in [0.25, 0.3) is 11.3 Å². The molecule has 2 heterocycles. The number of aromatic nitrogens is 1. The molecule has 1 atom stereocenters. The number of nitrogens with zero attached hydrogens (tertiary/aromatic N) is 1. The molecule has 2 nitrogen and oxygen atoms in total. The second-order valence-corrected chi connectivity index (χ2v) is 7.00. The van der Waals surface area contributed by atoms with Crippen LogP contribution in [0, 0.1) is 0 Å². The van der Waals surface area contributed by atoms with Gasteiger partial charge in [0.25, 0.3) is 0 Å². The lowest BCUT2D eigenvalue weighted by atomic mass is 10.1. The van der Waals surface area contributed by atoms with Crippen molar-refractivity contribution in [2.24, 2.45) is 0 Å². The van der Waals surface area contributed by atoms with Gasteiger partial charge in [-0.1, -0.05) is 24.3 Å². The van der Waals surface area contributed by atoms with Crippen LogP contribution < -0.4 is 5.32 Å². The first-order valence-corrected chi connectivity index (χ1v) is 8.28. The maximum Gasteiger partial charge on any atom is 0.111 e. The molecule has 1 unspecified atom stereocenters. The highest BCUT2D eigenvalue weighted by molar-refractivity contribution is 7.99. The smallest absolute Gasteiger partial charge is 0.111 e. The summed E-state index contributed by atoms with van der Waals surface area (Å²) >= 11 is 3.93. The number of nitrogens with one attached hydrogen (secondary N) is 1. The summed E-state index contributed by atoms with van der Waals surface area (Å²) in [6.45, 7) is 1.11. The first-order chi connectivity index (χ1) is 8.92. The second kappa shape index (κ2) is 4.37. The van der Waals surface area contributed by atoms with Crippen LogP contribution in [0.15, 0.2) is 24.3 Å². The molecule has 1 aliphatic heterocycles. The van der Waals surface area contributed by atoms with E-state index in [1.54, 1.807) is 0 Å². The van der Waals surface area contributed by atoms with Gasteiger partial charge in [-0.15, -0.1) is 11.3 Å². The Morgan fingerprint density at radius 3 is 3.11 bits per heavy atom. The minimum absolute atomic E-state index is 0.464. The number of rotatable bonds is 1. The van der Waals surface area contributed by atoms with Crippen molar-refractivity contribution in [3.05, 3.63) is 39.7 Å². The molecule has 0 bridgehead atoms. The van der Waals surface area contributed by atoms with E-state index >= 15 is 0 Å². The topological polar surface area (TPSA) is 24.9 Å². The zero-order valence-corrected chi connectivity index (χ0v) is 11.6. The Morgan fingerprint density at radius 2 is 2.22 bits per heavy atom. The lowest BCUT2D eigenvalue weighted by molar-refractivity contribution is 0.592. The highest BCUT2D eigenvalue weighted by Crippen LogP contribution is 2.41. The third kappa shape index (κ3) is 1.71. The van der Waals surface area contributed by atoms with E-state index < -0.39 is 0 Å². The Balaban J connectivity index is 1.71. The number of benzene rings is 1. The van der Waals surface area contributed by atoms with Crippen molar-refractivity contribution in [1.82, 2.24) is 10.3 Å². The summed E-state index contributed by atoms with van der Waals surface area (Å²) in [6.07, 6.45) is 1.07. The minimum atomic E-state index is 0.464. The molecule has 1 aromatic heterocycles. The molecule has 2 aromatic rings. The number of thiazole rings is 1. The molecule has 4 rings (SSSR count). The standard InChI is InChI=1S/C14H14N2S2/c1-2-4-10-9(3-1)7-12-13(10)16-14(18-12)11-8-17-6-5-15-11/h1-4,11,15H,5-8H2. The normalized spacial score (nSPS) is 21.7. The van der Waals surface area contributed by atoms with E-state index in [-0.39, 0.29) is 0 Å². The van der Waals surface area contributed by atoms with Crippen molar-refractivity contribution in [1.29, 1.82) is 0 Å². The van der Waals surface area contributed by atoms with Crippen LogP contribution in [0.1, 0.15) is 21.5 Å². The zero-order valence-electron chi connectivity index (χ0n) is 9.98. The van der Waals surface area contributed by atoms with Crippen LogP contribution >= 0.6 is 23.1 Å². The fourth-order valence-corrected chi connectivity index (χ4v) is 4.88. The third-order valence-corrected chi connectivity index (χ3v) is 5.79. The van der Waals surface area contributed by atoms with E-state index in [4.69, 9.17) is 4.98 Å². The van der Waals surface area contributed by atoms with Gasteiger partial charge in [0.2, 0.25) is 0 Å². The molecule has 2 aliphatic rings. The molecule has 1 aromatic carbocycles. The Kier molecular flexibility index (Phi) is 2.68. The van der Waals surface area contributed by atoms with Gasteiger partial charge in [0.1, 0.15) is 5.01 Å². The first-order valence-electron chi connectivity index (χ1n) is 6.31. The fourth-order valence-electron chi connectivity index (χ4n) is 2.65. The number of thioether (sulfide) groups is 1. The fraction of sp³-hybridized carbons (Fsp3) is 0.357. The van der Waals surface area contributed by atoms with E-state index in [1.165, 1.54) is 32.5 Å². The Bertz CT molecular complexity index is 585. The Hall–Kier alpha value is -0.840. The van der Waals surface area contributed by atoms with Crippen molar-refractivity contribution in [2.75, 3.05) is 18.1 Å². The van der Waals surface area contributed by atoms with Crippen LogP contribution in [-0.2, 0) is 6.42 Å². The van der Waals surface area contributed by atoms with Crippen LogP contribution in [0.3, 0.4) is 0 Å². The molecule has 92 valence electrons. The lowest BCUT2D eigenvalue weighted by Gasteiger charge is -2.20. The molecule has 0 amide bonds. The number of hydrogen-bond donors (Lipinski definition) is 1. The van der Waals surface area contributed by atoms with E-state index in [0.29, 0.717) is 6.04 Å². The van der Waals surface area contributed by atoms with Gasteiger partial charge in [0.15, 0.2) is 0 Å². The van der Waals surface area contributed by atoms with Crippen LogP contribution in [0.4, 0.5) is 0 Å². The summed E-state index contributed by atoms with van der Waals surface area (Å²) in [5.74, 6) is 2.39. The van der Waals surface area contributed by atoms with Gasteiger partial charge in [-0.25, -0.2) is 4.98 Å². The first kappa shape index (κ1) is 11.0. The van der Waals surface area contributed by atoms with Crippen molar-refractivity contribution >= 4 is 23.1 Å². The van der Waals surface area contributed by atoms with E-state index in [9.17, 15) is 0 Å². The van der Waals surface area contributed by atoms with Gasteiger partial charge in [0, 0.05) is 34.9 Å². The van der Waals surface area contributed by atoms with Crippen molar-refractivity contribution in [2.45, 2.75) is 12.5 Å². The predicted octanol–water partition coefficient (Wildman–Crippen LogP) is 3.09. The highest BCUT2D eigenvalue weighted by Gasteiger charge is 2.26. The van der Waals surface area contributed by atoms with Gasteiger partial charge in [-0.2, -0.15) is 11.8 Å². The predicted molar refractivity (Wildman–Crippen MR) is 78.4 cm³/mol. The van der Waals surface area contributed by atoms with Crippen LogP contribution in [-0.4, -0.2) is 23.0 Å². The summed E-state index contributed by atoms with van der Waals surface area (Å²) in [6, 6.07) is 9.12. The summed E-state index contributed by atoms with van der Waals surface area (Å²) in [5.41, 5.74) is 4.02. The van der Waals surface area contributed by atoms with E-state index in [1.807, 2.05) is 23.1 Å². The van der Waals surface area contributed by atoms with Gasteiger partial charge >= 0.3 is 0 Å². The lowest BCUT2D eigenvalue weighted by Crippen LogP contribution is -2.30. The zero-order chi connectivity index (χ0) is 11.9. The average Bonchev–Trinajstić information content (AvgIpc) is 2.97. The van der Waals surface area contributed by atoms with E-state index in [2.05, 4.69) is 29.6 Å². The van der Waals surface area contributed by atoms with Gasteiger partial charge in [-0.05, 0) is 5.56 Å². The molecule has 18 heavy (non-hydrogen) atoms. The summed E-state index contributed by atoms with van der Waals surface area (Å²) < 4.78 is 0. The second-order valence-electron chi connectivity index (χ2n) is 4.74. The molecule has 1 aliphatic carbocycles. The van der Waals surface area contributed by atoms with Crippen molar-refractivity contribution in [3.8, 4) is 11.3 Å². The highest BCUT2D eigenvalue weighted by atomic mass is 32.2.